The molecule has 0 spiro atoms. The predicted molar refractivity (Wildman–Crippen MR) is 108 cm³/mol. The zero-order chi connectivity index (χ0) is 15.3. The Morgan fingerprint density at radius 1 is 1.14 bits per heavy atom. The maximum Gasteiger partial charge on any atom is 0.191 e. The molecular weight excluding hydrogens is 409 g/mol. The number of aliphatic imine (C=N–C) groups is 1. The van der Waals surface area contributed by atoms with Crippen molar-refractivity contribution in [3.63, 3.8) is 0 Å². The van der Waals surface area contributed by atoms with Crippen LogP contribution in [0.5, 0.6) is 0 Å². The summed E-state index contributed by atoms with van der Waals surface area (Å²) in [6.45, 7) is 7.74. The summed E-state index contributed by atoms with van der Waals surface area (Å²) in [7, 11) is 1.75. The van der Waals surface area contributed by atoms with E-state index in [0.717, 1.165) is 51.5 Å². The molecule has 22 heavy (non-hydrogen) atoms. The molecule has 0 saturated heterocycles. The number of methoxy groups -OCH3 is 1. The Hall–Kier alpha value is -0.340. The molecule has 0 aliphatic rings. The number of unbranched alkanes of at least 4 members (excludes halogenated alkanes) is 2. The number of rotatable bonds is 10. The van der Waals surface area contributed by atoms with Gasteiger partial charge in [-0.15, -0.1) is 35.3 Å². The van der Waals surface area contributed by atoms with Gasteiger partial charge in [0.25, 0.3) is 0 Å². The van der Waals surface area contributed by atoms with E-state index in [0.29, 0.717) is 0 Å². The van der Waals surface area contributed by atoms with Crippen LogP contribution in [0.2, 0.25) is 0 Å². The van der Waals surface area contributed by atoms with E-state index in [1.54, 1.807) is 7.11 Å². The van der Waals surface area contributed by atoms with E-state index in [4.69, 9.17) is 4.74 Å². The van der Waals surface area contributed by atoms with Crippen molar-refractivity contribution in [3.05, 3.63) is 21.9 Å². The molecule has 0 amide bonds. The fraction of sp³-hybridized carbons (Fsp3) is 0.688. The first-order valence-electron chi connectivity index (χ1n) is 7.88. The summed E-state index contributed by atoms with van der Waals surface area (Å²) in [5.74, 6) is 0.913. The third kappa shape index (κ3) is 9.63. The van der Waals surface area contributed by atoms with E-state index < -0.39 is 0 Å². The number of halogens is 1. The van der Waals surface area contributed by atoms with Crippen LogP contribution in [0, 0.1) is 0 Å². The SMILES string of the molecule is CCNC(=NCc1ccc(CC)s1)NCCCCCOC.I. The summed E-state index contributed by atoms with van der Waals surface area (Å²) in [6, 6.07) is 4.38. The van der Waals surface area contributed by atoms with Gasteiger partial charge in [-0.1, -0.05) is 6.92 Å². The molecule has 1 aromatic rings. The van der Waals surface area contributed by atoms with E-state index in [-0.39, 0.29) is 24.0 Å². The molecule has 1 heterocycles. The zero-order valence-electron chi connectivity index (χ0n) is 14.0. The highest BCUT2D eigenvalue weighted by atomic mass is 127. The van der Waals surface area contributed by atoms with Crippen LogP contribution in [-0.2, 0) is 17.7 Å². The maximum atomic E-state index is 5.05. The Labute approximate surface area is 156 Å². The minimum atomic E-state index is 0. The number of thiophene rings is 1. The number of nitrogens with one attached hydrogen (secondary N) is 2. The van der Waals surface area contributed by atoms with E-state index in [9.17, 15) is 0 Å². The quantitative estimate of drug-likeness (QED) is 0.252. The van der Waals surface area contributed by atoms with E-state index >= 15 is 0 Å². The van der Waals surface area contributed by atoms with Crippen molar-refractivity contribution in [1.82, 2.24) is 10.6 Å². The summed E-state index contributed by atoms with van der Waals surface area (Å²) in [4.78, 5) is 7.40. The summed E-state index contributed by atoms with van der Waals surface area (Å²) >= 11 is 1.85. The van der Waals surface area contributed by atoms with Crippen LogP contribution in [0.1, 0.15) is 42.9 Å². The number of ether oxygens (including phenoxy) is 1. The lowest BCUT2D eigenvalue weighted by Crippen LogP contribution is -2.37. The van der Waals surface area contributed by atoms with Crippen molar-refractivity contribution in [3.8, 4) is 0 Å². The van der Waals surface area contributed by atoms with Crippen molar-refractivity contribution in [1.29, 1.82) is 0 Å². The van der Waals surface area contributed by atoms with Gasteiger partial charge in [-0.3, -0.25) is 0 Å². The van der Waals surface area contributed by atoms with Crippen molar-refractivity contribution < 1.29 is 4.74 Å². The van der Waals surface area contributed by atoms with Gasteiger partial charge in [0.1, 0.15) is 0 Å². The molecule has 0 fully saturated rings. The molecular formula is C16H30IN3OS. The third-order valence-electron chi connectivity index (χ3n) is 3.12. The molecule has 0 bridgehead atoms. The summed E-state index contributed by atoms with van der Waals surface area (Å²) in [5.41, 5.74) is 0. The lowest BCUT2D eigenvalue weighted by Gasteiger charge is -2.10. The first-order valence-corrected chi connectivity index (χ1v) is 8.70. The summed E-state index contributed by atoms with van der Waals surface area (Å²) in [5, 5.41) is 6.69. The Morgan fingerprint density at radius 3 is 2.55 bits per heavy atom. The van der Waals surface area contributed by atoms with E-state index in [2.05, 4.69) is 41.6 Å². The molecule has 0 radical (unpaired) electrons. The van der Waals surface area contributed by atoms with Gasteiger partial charge < -0.3 is 15.4 Å². The number of nitrogens with zero attached hydrogens (tertiary/aromatic N) is 1. The number of guanidine groups is 1. The maximum absolute atomic E-state index is 5.05. The molecule has 0 unspecified atom stereocenters. The van der Waals surface area contributed by atoms with Crippen molar-refractivity contribution in [2.24, 2.45) is 4.99 Å². The number of aryl methyl sites for hydroxylation is 1. The third-order valence-corrected chi connectivity index (χ3v) is 4.33. The fourth-order valence-corrected chi connectivity index (χ4v) is 2.83. The predicted octanol–water partition coefficient (Wildman–Crippen LogP) is 3.80. The van der Waals surface area contributed by atoms with Gasteiger partial charge in [0.2, 0.25) is 0 Å². The largest absolute Gasteiger partial charge is 0.385 e. The second-order valence-corrected chi connectivity index (χ2v) is 6.15. The standard InChI is InChI=1S/C16H29N3OS.HI/c1-4-14-9-10-15(21-14)13-19-16(17-5-2)18-11-7-6-8-12-20-3;/h9-10H,4-8,11-13H2,1-3H3,(H2,17,18,19);1H. The molecule has 2 N–H and O–H groups in total. The monoisotopic (exact) mass is 439 g/mol. The van der Waals surface area contributed by atoms with Gasteiger partial charge in [-0.25, -0.2) is 4.99 Å². The molecule has 6 heteroatoms. The van der Waals surface area contributed by atoms with Crippen LogP contribution in [0.15, 0.2) is 17.1 Å². The van der Waals surface area contributed by atoms with Crippen molar-refractivity contribution in [2.45, 2.75) is 46.1 Å². The molecule has 0 aliphatic heterocycles. The molecule has 128 valence electrons. The molecule has 4 nitrogen and oxygen atoms in total. The lowest BCUT2D eigenvalue weighted by atomic mass is 10.2. The van der Waals surface area contributed by atoms with Gasteiger partial charge >= 0.3 is 0 Å². The zero-order valence-corrected chi connectivity index (χ0v) is 17.1. The second kappa shape index (κ2) is 14.3. The molecule has 0 atom stereocenters. The van der Waals surface area contributed by atoms with Gasteiger partial charge in [-0.05, 0) is 44.7 Å². The molecule has 0 aromatic carbocycles. The highest BCUT2D eigenvalue weighted by Gasteiger charge is 2.00. The normalized spacial score (nSPS) is 11.1. The van der Waals surface area contributed by atoms with Crippen LogP contribution in [-0.4, -0.2) is 32.8 Å². The topological polar surface area (TPSA) is 45.7 Å². The second-order valence-electron chi connectivity index (χ2n) is 4.90. The lowest BCUT2D eigenvalue weighted by molar-refractivity contribution is 0.192. The number of hydrogen-bond donors (Lipinski definition) is 2. The molecule has 1 rings (SSSR count). The summed E-state index contributed by atoms with van der Waals surface area (Å²) in [6.07, 6.45) is 4.56. The van der Waals surface area contributed by atoms with Crippen LogP contribution < -0.4 is 10.6 Å². The van der Waals surface area contributed by atoms with Crippen LogP contribution in [0.4, 0.5) is 0 Å². The van der Waals surface area contributed by atoms with Gasteiger partial charge in [0.05, 0.1) is 6.54 Å². The Balaban J connectivity index is 0.00000441. The Kier molecular flexibility index (Phi) is 14.0. The van der Waals surface area contributed by atoms with Crippen LogP contribution in [0.3, 0.4) is 0 Å². The first-order chi connectivity index (χ1) is 10.3. The minimum Gasteiger partial charge on any atom is -0.385 e. The molecule has 0 saturated carbocycles. The van der Waals surface area contributed by atoms with Crippen molar-refractivity contribution in [2.75, 3.05) is 26.8 Å². The van der Waals surface area contributed by atoms with Gasteiger partial charge in [0, 0.05) is 36.6 Å². The van der Waals surface area contributed by atoms with Crippen LogP contribution in [0.25, 0.3) is 0 Å². The minimum absolute atomic E-state index is 0. The highest BCUT2D eigenvalue weighted by Crippen LogP contribution is 2.17. The van der Waals surface area contributed by atoms with E-state index in [1.807, 2.05) is 11.3 Å². The Morgan fingerprint density at radius 2 is 1.91 bits per heavy atom. The molecule has 0 aliphatic carbocycles. The average molecular weight is 439 g/mol. The highest BCUT2D eigenvalue weighted by molar-refractivity contribution is 14.0. The van der Waals surface area contributed by atoms with Gasteiger partial charge in [-0.2, -0.15) is 0 Å². The fourth-order valence-electron chi connectivity index (χ4n) is 1.95. The van der Waals surface area contributed by atoms with Gasteiger partial charge in [0.15, 0.2) is 5.96 Å². The molecule has 1 aromatic heterocycles. The smallest absolute Gasteiger partial charge is 0.191 e. The average Bonchev–Trinajstić information content (AvgIpc) is 2.96. The van der Waals surface area contributed by atoms with E-state index in [1.165, 1.54) is 16.2 Å². The van der Waals surface area contributed by atoms with Crippen LogP contribution >= 0.6 is 35.3 Å². The number of hydrogen-bond acceptors (Lipinski definition) is 3. The summed E-state index contributed by atoms with van der Waals surface area (Å²) < 4.78 is 5.05. The van der Waals surface area contributed by atoms with Crippen molar-refractivity contribution >= 4 is 41.3 Å². The first kappa shape index (κ1) is 21.7. The Bertz CT molecular complexity index is 410.